The number of amidine groups is 1. The van der Waals surface area contributed by atoms with Crippen molar-refractivity contribution in [1.29, 1.82) is 0 Å². The van der Waals surface area contributed by atoms with Crippen molar-refractivity contribution in [2.45, 2.75) is 36.9 Å². The van der Waals surface area contributed by atoms with Gasteiger partial charge in [-0.25, -0.2) is 12.8 Å². The fourth-order valence-corrected chi connectivity index (χ4v) is 5.85. The van der Waals surface area contributed by atoms with Crippen molar-refractivity contribution < 1.29 is 27.9 Å². The van der Waals surface area contributed by atoms with E-state index in [2.05, 4.69) is 5.16 Å². The molecule has 1 unspecified atom stereocenters. The van der Waals surface area contributed by atoms with Gasteiger partial charge in [0.05, 0.1) is 16.4 Å². The molecule has 0 aromatic heterocycles. The largest absolute Gasteiger partial charge is 0.485 e. The van der Waals surface area contributed by atoms with Crippen LogP contribution in [0.15, 0.2) is 87.8 Å². The van der Waals surface area contributed by atoms with Crippen LogP contribution >= 0.6 is 0 Å². The Morgan fingerprint density at radius 2 is 1.74 bits per heavy atom. The quantitative estimate of drug-likeness (QED) is 0.150. The van der Waals surface area contributed by atoms with Gasteiger partial charge in [-0.15, -0.1) is 0 Å². The maximum atomic E-state index is 13.6. The van der Waals surface area contributed by atoms with E-state index in [0.717, 1.165) is 23.3 Å². The fourth-order valence-electron chi connectivity index (χ4n) is 4.17. The SMILES string of the molecule is CC1(Cc2cccc(CO)c2)CC(S(=O)(=O)c2ccc(F)cc2)=C(c2ccc(/C(N)=N/O)cc2)O1. The van der Waals surface area contributed by atoms with Gasteiger partial charge in [-0.3, -0.25) is 0 Å². The van der Waals surface area contributed by atoms with E-state index >= 15 is 0 Å². The molecule has 0 radical (unpaired) electrons. The van der Waals surface area contributed by atoms with Gasteiger partial charge in [0.15, 0.2) is 5.84 Å². The lowest BCUT2D eigenvalue weighted by molar-refractivity contribution is 0.0799. The number of hydrogen-bond acceptors (Lipinski definition) is 6. The molecule has 1 heterocycles. The van der Waals surface area contributed by atoms with Crippen molar-refractivity contribution >= 4 is 21.4 Å². The molecule has 182 valence electrons. The zero-order valence-electron chi connectivity index (χ0n) is 19.0. The molecule has 9 heteroatoms. The van der Waals surface area contributed by atoms with Crippen LogP contribution in [0, 0.1) is 5.82 Å². The standard InChI is InChI=1S/C26H25FN2O5S/c1-26(14-17-3-2-4-18(13-17)16-30)15-23(35(32,33)22-11-9-21(27)10-12-22)24(34-26)19-5-7-20(8-6-19)25(28)29-31/h2-13,30-31H,14-16H2,1H3,(H2,28,29). The number of aliphatic hydroxyl groups excluding tert-OH is 1. The average Bonchev–Trinajstić information content (AvgIpc) is 3.22. The number of halogens is 1. The smallest absolute Gasteiger partial charge is 0.206 e. The van der Waals surface area contributed by atoms with Crippen LogP contribution in [0.25, 0.3) is 5.76 Å². The molecule has 1 aliphatic heterocycles. The summed E-state index contributed by atoms with van der Waals surface area (Å²) < 4.78 is 47.1. The lowest BCUT2D eigenvalue weighted by atomic mass is 9.93. The van der Waals surface area contributed by atoms with Gasteiger partial charge in [0, 0.05) is 24.0 Å². The number of rotatable bonds is 7. The molecule has 7 nitrogen and oxygen atoms in total. The van der Waals surface area contributed by atoms with Crippen LogP contribution in [-0.2, 0) is 27.6 Å². The maximum Gasteiger partial charge on any atom is 0.206 e. The van der Waals surface area contributed by atoms with Crippen LogP contribution < -0.4 is 5.73 Å². The second-order valence-electron chi connectivity index (χ2n) is 8.66. The van der Waals surface area contributed by atoms with Crippen LogP contribution in [-0.4, -0.2) is 30.2 Å². The first-order chi connectivity index (χ1) is 16.6. The zero-order chi connectivity index (χ0) is 25.2. The average molecular weight is 497 g/mol. The van der Waals surface area contributed by atoms with Crippen molar-refractivity contribution in [3.63, 3.8) is 0 Å². The molecule has 35 heavy (non-hydrogen) atoms. The Bertz CT molecular complexity index is 1400. The van der Waals surface area contributed by atoms with Crippen molar-refractivity contribution in [3.8, 4) is 0 Å². The third kappa shape index (κ3) is 5.06. The van der Waals surface area contributed by atoms with Gasteiger partial charge >= 0.3 is 0 Å². The van der Waals surface area contributed by atoms with Gasteiger partial charge in [-0.05, 0) is 42.3 Å². The van der Waals surface area contributed by atoms with E-state index < -0.39 is 21.3 Å². The molecule has 0 spiro atoms. The summed E-state index contributed by atoms with van der Waals surface area (Å²) in [7, 11) is -4.00. The second kappa shape index (κ2) is 9.52. The Kier molecular flexibility index (Phi) is 6.64. The monoisotopic (exact) mass is 496 g/mol. The van der Waals surface area contributed by atoms with E-state index in [9.17, 15) is 17.9 Å². The summed E-state index contributed by atoms with van der Waals surface area (Å²) in [6.45, 7) is 1.72. The lowest BCUT2D eigenvalue weighted by Crippen LogP contribution is -2.27. The highest BCUT2D eigenvalue weighted by Crippen LogP contribution is 2.45. The van der Waals surface area contributed by atoms with Gasteiger partial charge in [0.1, 0.15) is 17.2 Å². The Morgan fingerprint density at radius 3 is 2.37 bits per heavy atom. The Labute approximate surface area is 202 Å². The third-order valence-corrected chi connectivity index (χ3v) is 7.76. The third-order valence-electron chi connectivity index (χ3n) is 5.89. The molecular formula is C26H25FN2O5S. The highest BCUT2D eigenvalue weighted by Gasteiger charge is 2.43. The van der Waals surface area contributed by atoms with E-state index in [-0.39, 0.29) is 34.4 Å². The Morgan fingerprint density at radius 1 is 1.09 bits per heavy atom. The number of nitrogens with two attached hydrogens (primary N) is 1. The number of benzene rings is 3. The fraction of sp³-hybridized carbons (Fsp3) is 0.192. The Hall–Kier alpha value is -3.69. The van der Waals surface area contributed by atoms with Gasteiger partial charge in [0.25, 0.3) is 0 Å². The first-order valence-corrected chi connectivity index (χ1v) is 12.3. The first kappa shape index (κ1) is 24.4. The van der Waals surface area contributed by atoms with Gasteiger partial charge in [0.2, 0.25) is 9.84 Å². The summed E-state index contributed by atoms with van der Waals surface area (Å²) in [5, 5.41) is 21.4. The number of aliphatic hydroxyl groups is 1. The predicted molar refractivity (Wildman–Crippen MR) is 130 cm³/mol. The molecule has 1 aliphatic rings. The summed E-state index contributed by atoms with van der Waals surface area (Å²) in [6.07, 6.45) is 0.488. The van der Waals surface area contributed by atoms with Crippen LogP contribution in [0.3, 0.4) is 0 Å². The maximum absolute atomic E-state index is 13.6. The molecule has 0 amide bonds. The summed E-state index contributed by atoms with van der Waals surface area (Å²) in [5.74, 6) is -0.417. The minimum absolute atomic E-state index is 0.0326. The molecule has 1 atom stereocenters. The zero-order valence-corrected chi connectivity index (χ0v) is 19.8. The minimum atomic E-state index is -4.00. The first-order valence-electron chi connectivity index (χ1n) is 10.8. The molecule has 0 bridgehead atoms. The minimum Gasteiger partial charge on any atom is -0.485 e. The van der Waals surface area contributed by atoms with Crippen LogP contribution in [0.4, 0.5) is 4.39 Å². The van der Waals surface area contributed by atoms with Gasteiger partial charge in [-0.1, -0.05) is 53.7 Å². The molecule has 4 N–H and O–H groups in total. The summed E-state index contributed by atoms with van der Waals surface area (Å²) in [6, 6.07) is 18.5. The van der Waals surface area contributed by atoms with E-state index in [1.165, 1.54) is 12.1 Å². The highest BCUT2D eigenvalue weighted by atomic mass is 32.2. The molecule has 0 aliphatic carbocycles. The second-order valence-corrected chi connectivity index (χ2v) is 10.6. The number of nitrogens with zero attached hydrogens (tertiary/aromatic N) is 1. The van der Waals surface area contributed by atoms with Crippen LogP contribution in [0.2, 0.25) is 0 Å². The van der Waals surface area contributed by atoms with Crippen molar-refractivity contribution in [2.75, 3.05) is 0 Å². The molecule has 0 fully saturated rings. The highest BCUT2D eigenvalue weighted by molar-refractivity contribution is 7.95. The summed E-state index contributed by atoms with van der Waals surface area (Å²) >= 11 is 0. The van der Waals surface area contributed by atoms with Gasteiger partial charge in [-0.2, -0.15) is 0 Å². The number of ether oxygens (including phenoxy) is 1. The molecular weight excluding hydrogens is 471 g/mol. The van der Waals surface area contributed by atoms with Crippen LogP contribution in [0.5, 0.6) is 0 Å². The predicted octanol–water partition coefficient (Wildman–Crippen LogP) is 3.98. The van der Waals surface area contributed by atoms with Crippen molar-refractivity contribution in [3.05, 3.63) is 106 Å². The van der Waals surface area contributed by atoms with Gasteiger partial charge < -0.3 is 20.8 Å². The number of sulfone groups is 1. The molecule has 0 saturated heterocycles. The summed E-state index contributed by atoms with van der Waals surface area (Å²) in [5.41, 5.74) is 7.36. The Balaban J connectivity index is 1.77. The van der Waals surface area contributed by atoms with E-state index in [4.69, 9.17) is 15.7 Å². The normalized spacial score (nSPS) is 18.5. The number of hydrogen-bond donors (Lipinski definition) is 3. The molecule has 3 aromatic carbocycles. The molecule has 4 rings (SSSR count). The van der Waals surface area contributed by atoms with E-state index in [1.807, 2.05) is 25.1 Å². The number of oxime groups is 1. The van der Waals surface area contributed by atoms with E-state index in [0.29, 0.717) is 17.5 Å². The lowest BCUT2D eigenvalue weighted by Gasteiger charge is -2.26. The van der Waals surface area contributed by atoms with Crippen LogP contribution in [0.1, 0.15) is 35.6 Å². The molecule has 0 saturated carbocycles. The topological polar surface area (TPSA) is 122 Å². The summed E-state index contributed by atoms with van der Waals surface area (Å²) in [4.78, 5) is 0.0521. The molecule has 3 aromatic rings. The van der Waals surface area contributed by atoms with Crippen molar-refractivity contribution in [2.24, 2.45) is 10.9 Å². The van der Waals surface area contributed by atoms with E-state index in [1.54, 1.807) is 30.3 Å². The van der Waals surface area contributed by atoms with Crippen molar-refractivity contribution in [1.82, 2.24) is 0 Å².